The Morgan fingerprint density at radius 1 is 1.24 bits per heavy atom. The molecule has 3 heteroatoms. The highest BCUT2D eigenvalue weighted by Crippen LogP contribution is 2.23. The summed E-state index contributed by atoms with van der Waals surface area (Å²) in [4.78, 5) is 13.7. The van der Waals surface area contributed by atoms with Crippen LogP contribution in [0.5, 0.6) is 0 Å². The molecular formula is C14H20N2O. The Labute approximate surface area is 103 Å². The second-order valence-corrected chi connectivity index (χ2v) is 5.00. The fraction of sp³-hybridized carbons (Fsp3) is 0.500. The van der Waals surface area contributed by atoms with E-state index in [1.54, 1.807) is 0 Å². The van der Waals surface area contributed by atoms with Gasteiger partial charge in [0, 0.05) is 18.5 Å². The van der Waals surface area contributed by atoms with Crippen LogP contribution in [-0.4, -0.2) is 29.6 Å². The number of nitrogens with zero attached hydrogens (tertiary/aromatic N) is 1. The maximum Gasteiger partial charge on any atom is 0.317 e. The van der Waals surface area contributed by atoms with Crippen LogP contribution < -0.4 is 5.32 Å². The van der Waals surface area contributed by atoms with E-state index in [9.17, 15) is 4.79 Å². The lowest BCUT2D eigenvalue weighted by molar-refractivity contribution is 0.205. The largest absolute Gasteiger partial charge is 0.333 e. The average Bonchev–Trinajstić information content (AvgIpc) is 2.71. The third kappa shape index (κ3) is 2.43. The molecule has 1 aromatic carbocycles. The lowest BCUT2D eigenvalue weighted by Crippen LogP contribution is -2.33. The predicted molar refractivity (Wildman–Crippen MR) is 69.0 cm³/mol. The fourth-order valence-electron chi connectivity index (χ4n) is 2.30. The standard InChI is InChI=1S/C14H20N2O/c1-10(2)16-9-13(15-14(16)17)11(3)12-7-5-4-6-8-12/h4-8,10-11,13H,9H2,1-3H3,(H,15,17). The molecular weight excluding hydrogens is 212 g/mol. The highest BCUT2D eigenvalue weighted by Gasteiger charge is 2.33. The molecule has 1 N–H and O–H groups in total. The molecule has 0 saturated carbocycles. The van der Waals surface area contributed by atoms with Crippen molar-refractivity contribution >= 4 is 6.03 Å². The molecule has 2 unspecified atom stereocenters. The quantitative estimate of drug-likeness (QED) is 0.853. The molecule has 0 spiro atoms. The number of amides is 2. The predicted octanol–water partition coefficient (Wildman–Crippen LogP) is 2.59. The Bertz CT molecular complexity index is 388. The van der Waals surface area contributed by atoms with E-state index in [0.29, 0.717) is 5.92 Å². The van der Waals surface area contributed by atoms with Gasteiger partial charge in [0.1, 0.15) is 0 Å². The zero-order valence-electron chi connectivity index (χ0n) is 10.7. The summed E-state index contributed by atoms with van der Waals surface area (Å²) in [5.41, 5.74) is 1.28. The van der Waals surface area contributed by atoms with Gasteiger partial charge in [-0.15, -0.1) is 0 Å². The summed E-state index contributed by atoms with van der Waals surface area (Å²) in [7, 11) is 0. The van der Waals surface area contributed by atoms with Crippen LogP contribution in [0, 0.1) is 0 Å². The summed E-state index contributed by atoms with van der Waals surface area (Å²) < 4.78 is 0. The Kier molecular flexibility index (Phi) is 3.36. The Morgan fingerprint density at radius 2 is 1.88 bits per heavy atom. The summed E-state index contributed by atoms with van der Waals surface area (Å²) in [6.07, 6.45) is 0. The van der Waals surface area contributed by atoms with Crippen LogP contribution in [0.2, 0.25) is 0 Å². The topological polar surface area (TPSA) is 32.3 Å². The SMILES string of the molecule is CC(c1ccccc1)C1CN(C(C)C)C(=O)N1. The molecule has 1 aromatic rings. The minimum atomic E-state index is 0.0628. The van der Waals surface area contributed by atoms with Crippen LogP contribution >= 0.6 is 0 Å². The molecule has 1 aliphatic heterocycles. The Morgan fingerprint density at radius 3 is 2.41 bits per heavy atom. The maximum atomic E-state index is 11.8. The van der Waals surface area contributed by atoms with E-state index in [4.69, 9.17) is 0 Å². The van der Waals surface area contributed by atoms with Gasteiger partial charge in [-0.25, -0.2) is 4.79 Å². The minimum absolute atomic E-state index is 0.0628. The molecule has 0 radical (unpaired) electrons. The minimum Gasteiger partial charge on any atom is -0.333 e. The van der Waals surface area contributed by atoms with Crippen LogP contribution in [0.4, 0.5) is 4.79 Å². The highest BCUT2D eigenvalue weighted by atomic mass is 16.2. The van der Waals surface area contributed by atoms with Gasteiger partial charge in [0.2, 0.25) is 0 Å². The van der Waals surface area contributed by atoms with Crippen molar-refractivity contribution in [1.29, 1.82) is 0 Å². The smallest absolute Gasteiger partial charge is 0.317 e. The van der Waals surface area contributed by atoms with Gasteiger partial charge in [-0.3, -0.25) is 0 Å². The van der Waals surface area contributed by atoms with Crippen LogP contribution in [-0.2, 0) is 0 Å². The molecule has 2 atom stereocenters. The van der Waals surface area contributed by atoms with E-state index < -0.39 is 0 Å². The summed E-state index contributed by atoms with van der Waals surface area (Å²) >= 11 is 0. The van der Waals surface area contributed by atoms with E-state index in [1.807, 2.05) is 23.1 Å². The number of hydrogen-bond acceptors (Lipinski definition) is 1. The van der Waals surface area contributed by atoms with Gasteiger partial charge in [0.05, 0.1) is 6.04 Å². The van der Waals surface area contributed by atoms with E-state index in [0.717, 1.165) is 6.54 Å². The van der Waals surface area contributed by atoms with Gasteiger partial charge in [-0.05, 0) is 19.4 Å². The van der Waals surface area contributed by atoms with Crippen molar-refractivity contribution in [2.45, 2.75) is 38.8 Å². The molecule has 2 amide bonds. The number of carbonyl (C=O) groups excluding carboxylic acids is 1. The molecule has 0 bridgehead atoms. The molecule has 1 fully saturated rings. The van der Waals surface area contributed by atoms with Gasteiger partial charge in [0.25, 0.3) is 0 Å². The van der Waals surface area contributed by atoms with E-state index in [2.05, 4.69) is 38.2 Å². The lowest BCUT2D eigenvalue weighted by Gasteiger charge is -2.21. The maximum absolute atomic E-state index is 11.8. The van der Waals surface area contributed by atoms with Crippen molar-refractivity contribution in [3.63, 3.8) is 0 Å². The van der Waals surface area contributed by atoms with Crippen molar-refractivity contribution in [1.82, 2.24) is 10.2 Å². The zero-order valence-corrected chi connectivity index (χ0v) is 10.7. The van der Waals surface area contributed by atoms with Crippen LogP contribution in [0.15, 0.2) is 30.3 Å². The number of carbonyl (C=O) groups is 1. The van der Waals surface area contributed by atoms with Crippen LogP contribution in [0.25, 0.3) is 0 Å². The Balaban J connectivity index is 2.08. The summed E-state index contributed by atoms with van der Waals surface area (Å²) in [6.45, 7) is 7.07. The fourth-order valence-corrected chi connectivity index (χ4v) is 2.30. The molecule has 1 aliphatic rings. The first kappa shape index (κ1) is 12.0. The summed E-state index contributed by atoms with van der Waals surface area (Å²) in [5.74, 6) is 0.351. The molecule has 92 valence electrons. The second kappa shape index (κ2) is 4.78. The number of hydrogen-bond donors (Lipinski definition) is 1. The molecule has 17 heavy (non-hydrogen) atoms. The number of nitrogens with one attached hydrogen (secondary N) is 1. The zero-order chi connectivity index (χ0) is 12.4. The number of benzene rings is 1. The monoisotopic (exact) mass is 232 g/mol. The summed E-state index contributed by atoms with van der Waals surface area (Å²) in [5, 5.41) is 3.07. The third-order valence-corrected chi connectivity index (χ3v) is 3.52. The third-order valence-electron chi connectivity index (χ3n) is 3.52. The Hall–Kier alpha value is -1.51. The highest BCUT2D eigenvalue weighted by molar-refractivity contribution is 5.77. The van der Waals surface area contributed by atoms with Crippen molar-refractivity contribution in [3.8, 4) is 0 Å². The molecule has 3 nitrogen and oxygen atoms in total. The lowest BCUT2D eigenvalue weighted by atomic mass is 9.94. The first-order valence-corrected chi connectivity index (χ1v) is 6.21. The van der Waals surface area contributed by atoms with Crippen LogP contribution in [0.3, 0.4) is 0 Å². The van der Waals surface area contributed by atoms with Crippen molar-refractivity contribution < 1.29 is 4.79 Å². The molecule has 0 aromatic heterocycles. The first-order valence-electron chi connectivity index (χ1n) is 6.21. The van der Waals surface area contributed by atoms with Crippen molar-refractivity contribution in [2.24, 2.45) is 0 Å². The normalized spacial score (nSPS) is 21.8. The van der Waals surface area contributed by atoms with E-state index in [1.165, 1.54) is 5.56 Å². The van der Waals surface area contributed by atoms with Crippen LogP contribution in [0.1, 0.15) is 32.3 Å². The van der Waals surface area contributed by atoms with Gasteiger partial charge in [0.15, 0.2) is 0 Å². The molecule has 1 heterocycles. The molecule has 0 aliphatic carbocycles. The van der Waals surface area contributed by atoms with E-state index >= 15 is 0 Å². The van der Waals surface area contributed by atoms with Crippen molar-refractivity contribution in [3.05, 3.63) is 35.9 Å². The molecule has 1 saturated heterocycles. The molecule has 2 rings (SSSR count). The van der Waals surface area contributed by atoms with Gasteiger partial charge in [-0.1, -0.05) is 37.3 Å². The second-order valence-electron chi connectivity index (χ2n) is 5.00. The first-order chi connectivity index (χ1) is 8.09. The number of urea groups is 1. The average molecular weight is 232 g/mol. The number of rotatable bonds is 3. The van der Waals surface area contributed by atoms with E-state index in [-0.39, 0.29) is 18.1 Å². The summed E-state index contributed by atoms with van der Waals surface area (Å²) in [6, 6.07) is 10.9. The van der Waals surface area contributed by atoms with Gasteiger partial charge < -0.3 is 10.2 Å². The van der Waals surface area contributed by atoms with Gasteiger partial charge in [-0.2, -0.15) is 0 Å². The van der Waals surface area contributed by atoms with Crippen molar-refractivity contribution in [2.75, 3.05) is 6.54 Å². The van der Waals surface area contributed by atoms with Gasteiger partial charge >= 0.3 is 6.03 Å².